The van der Waals surface area contributed by atoms with Gasteiger partial charge in [0.25, 0.3) is 0 Å². The van der Waals surface area contributed by atoms with Crippen LogP contribution < -0.4 is 10.6 Å². The first-order valence-electron chi connectivity index (χ1n) is 8.55. The Morgan fingerprint density at radius 2 is 2.13 bits per heavy atom. The van der Waals surface area contributed by atoms with Crippen molar-refractivity contribution in [2.75, 3.05) is 43.0 Å². The summed E-state index contributed by atoms with van der Waals surface area (Å²) in [5, 5.41) is 6.39. The first kappa shape index (κ1) is 16.8. The third-order valence-corrected chi connectivity index (χ3v) is 6.08. The summed E-state index contributed by atoms with van der Waals surface area (Å²) in [5.74, 6) is 3.14. The summed E-state index contributed by atoms with van der Waals surface area (Å²) in [6.45, 7) is 9.38. The van der Waals surface area contributed by atoms with Crippen LogP contribution in [0.5, 0.6) is 0 Å². The molecule has 0 saturated carbocycles. The Labute approximate surface area is 143 Å². The molecule has 1 amide bonds. The molecule has 0 aliphatic carbocycles. The van der Waals surface area contributed by atoms with Gasteiger partial charge in [0.2, 0.25) is 5.91 Å². The average Bonchev–Trinajstić information content (AvgIpc) is 2.50. The van der Waals surface area contributed by atoms with Crippen LogP contribution in [0.1, 0.15) is 18.1 Å². The van der Waals surface area contributed by atoms with Gasteiger partial charge in [0.05, 0.1) is 0 Å². The number of amides is 1. The topological polar surface area (TPSA) is 44.4 Å². The molecular formula is C18H27N3OS. The van der Waals surface area contributed by atoms with Gasteiger partial charge in [0.1, 0.15) is 0 Å². The van der Waals surface area contributed by atoms with Crippen molar-refractivity contribution >= 4 is 23.4 Å². The molecule has 1 unspecified atom stereocenters. The van der Waals surface area contributed by atoms with Crippen LogP contribution in [0.2, 0.25) is 0 Å². The van der Waals surface area contributed by atoms with E-state index in [0.717, 1.165) is 38.4 Å². The second kappa shape index (κ2) is 7.69. The Balaban J connectivity index is 1.65. The van der Waals surface area contributed by atoms with Gasteiger partial charge >= 0.3 is 0 Å². The normalized spacial score (nSPS) is 20.8. The van der Waals surface area contributed by atoms with Gasteiger partial charge in [0.15, 0.2) is 0 Å². The Morgan fingerprint density at radius 3 is 2.78 bits per heavy atom. The summed E-state index contributed by atoms with van der Waals surface area (Å²) in [6, 6.07) is 6.27. The summed E-state index contributed by atoms with van der Waals surface area (Å²) in [4.78, 5) is 15.0. The number of anilines is 1. The molecule has 126 valence electrons. The Morgan fingerprint density at radius 1 is 1.39 bits per heavy atom. The van der Waals surface area contributed by atoms with E-state index in [4.69, 9.17) is 0 Å². The maximum Gasteiger partial charge on any atom is 0.227 e. The van der Waals surface area contributed by atoms with Crippen molar-refractivity contribution in [2.45, 2.75) is 20.4 Å². The third-order valence-electron chi connectivity index (χ3n) is 5.14. The molecular weight excluding hydrogens is 306 g/mol. The predicted octanol–water partition coefficient (Wildman–Crippen LogP) is 2.34. The zero-order chi connectivity index (χ0) is 16.2. The van der Waals surface area contributed by atoms with E-state index in [1.165, 1.54) is 22.6 Å². The summed E-state index contributed by atoms with van der Waals surface area (Å²) in [7, 11) is 0. The van der Waals surface area contributed by atoms with Gasteiger partial charge in [-0.3, -0.25) is 9.69 Å². The van der Waals surface area contributed by atoms with Crippen LogP contribution in [-0.4, -0.2) is 48.5 Å². The Bertz CT molecular complexity index is 553. The number of nitrogens with one attached hydrogen (secondary N) is 2. The summed E-state index contributed by atoms with van der Waals surface area (Å²) < 4.78 is 0. The number of carbonyl (C=O) groups is 1. The van der Waals surface area contributed by atoms with E-state index in [0.29, 0.717) is 5.92 Å². The number of rotatable bonds is 5. The minimum Gasteiger partial charge on any atom is -0.326 e. The van der Waals surface area contributed by atoms with Crippen molar-refractivity contribution in [1.82, 2.24) is 10.2 Å². The molecule has 1 aromatic carbocycles. The van der Waals surface area contributed by atoms with Gasteiger partial charge in [-0.25, -0.2) is 0 Å². The number of hydrogen-bond donors (Lipinski definition) is 2. The molecule has 0 radical (unpaired) electrons. The predicted molar refractivity (Wildman–Crippen MR) is 97.9 cm³/mol. The molecule has 2 aliphatic heterocycles. The van der Waals surface area contributed by atoms with E-state index < -0.39 is 0 Å². The number of benzene rings is 1. The molecule has 2 heterocycles. The molecule has 0 spiro atoms. The quantitative estimate of drug-likeness (QED) is 0.868. The maximum atomic E-state index is 12.4. The molecule has 0 bridgehead atoms. The maximum absolute atomic E-state index is 12.4. The monoisotopic (exact) mass is 333 g/mol. The van der Waals surface area contributed by atoms with Crippen molar-refractivity contribution in [3.8, 4) is 0 Å². The van der Waals surface area contributed by atoms with Crippen molar-refractivity contribution < 1.29 is 4.79 Å². The molecule has 5 heteroatoms. The number of nitrogens with zero attached hydrogens (tertiary/aromatic N) is 1. The Kier molecular flexibility index (Phi) is 5.62. The lowest BCUT2D eigenvalue weighted by molar-refractivity contribution is -0.121. The molecule has 3 rings (SSSR count). The van der Waals surface area contributed by atoms with Gasteiger partial charge in [-0.15, -0.1) is 0 Å². The van der Waals surface area contributed by atoms with Gasteiger partial charge in [0, 0.05) is 42.7 Å². The van der Waals surface area contributed by atoms with Crippen LogP contribution in [-0.2, 0) is 11.3 Å². The van der Waals surface area contributed by atoms with Gasteiger partial charge < -0.3 is 10.6 Å². The highest BCUT2D eigenvalue weighted by molar-refractivity contribution is 7.99. The lowest BCUT2D eigenvalue weighted by atomic mass is 9.88. The van der Waals surface area contributed by atoms with Crippen molar-refractivity contribution in [2.24, 2.45) is 11.8 Å². The van der Waals surface area contributed by atoms with E-state index in [9.17, 15) is 4.79 Å². The minimum atomic E-state index is 0.0680. The summed E-state index contributed by atoms with van der Waals surface area (Å²) >= 11 is 2.03. The largest absolute Gasteiger partial charge is 0.326 e. The van der Waals surface area contributed by atoms with Crippen molar-refractivity contribution in [3.63, 3.8) is 0 Å². The van der Waals surface area contributed by atoms with Crippen molar-refractivity contribution in [3.05, 3.63) is 29.3 Å². The smallest absolute Gasteiger partial charge is 0.227 e. The fourth-order valence-electron chi connectivity index (χ4n) is 3.12. The van der Waals surface area contributed by atoms with Crippen LogP contribution in [0.3, 0.4) is 0 Å². The zero-order valence-corrected chi connectivity index (χ0v) is 14.9. The second-order valence-electron chi connectivity index (χ2n) is 6.67. The third kappa shape index (κ3) is 4.08. The zero-order valence-electron chi connectivity index (χ0n) is 14.1. The molecule has 2 N–H and O–H groups in total. The summed E-state index contributed by atoms with van der Waals surface area (Å²) in [5.41, 5.74) is 3.50. The van der Waals surface area contributed by atoms with E-state index >= 15 is 0 Å². The molecule has 23 heavy (non-hydrogen) atoms. The van der Waals surface area contributed by atoms with E-state index in [-0.39, 0.29) is 11.8 Å². The number of carbonyl (C=O) groups excluding carboxylic acids is 1. The average molecular weight is 334 g/mol. The lowest BCUT2D eigenvalue weighted by Crippen LogP contribution is -2.48. The first-order valence-corrected chi connectivity index (χ1v) is 9.71. The van der Waals surface area contributed by atoms with E-state index in [1.54, 1.807) is 0 Å². The van der Waals surface area contributed by atoms with Crippen LogP contribution >= 0.6 is 11.8 Å². The fraction of sp³-hybridized carbons (Fsp3) is 0.611. The van der Waals surface area contributed by atoms with Crippen molar-refractivity contribution in [1.29, 1.82) is 0 Å². The molecule has 2 saturated heterocycles. The molecule has 2 aliphatic rings. The molecule has 0 aromatic heterocycles. The SMILES string of the molecule is Cc1c(CN2CCSCC2)cccc1NC(=O)C(C)C1CNC1. The highest BCUT2D eigenvalue weighted by atomic mass is 32.2. The molecule has 1 atom stereocenters. The number of hydrogen-bond acceptors (Lipinski definition) is 4. The molecule has 2 fully saturated rings. The lowest BCUT2D eigenvalue weighted by Gasteiger charge is -2.32. The highest BCUT2D eigenvalue weighted by Gasteiger charge is 2.29. The fourth-order valence-corrected chi connectivity index (χ4v) is 4.09. The van der Waals surface area contributed by atoms with Gasteiger partial charge in [-0.2, -0.15) is 11.8 Å². The molecule has 4 nitrogen and oxygen atoms in total. The standard InChI is InChI=1S/C18H27N3OS/c1-13-15(12-21-6-8-23-9-7-21)4-3-5-17(13)20-18(22)14(2)16-10-19-11-16/h3-5,14,16,19H,6-12H2,1-2H3,(H,20,22). The van der Waals surface area contributed by atoms with Crippen LogP contribution in [0.25, 0.3) is 0 Å². The first-order chi connectivity index (χ1) is 11.1. The van der Waals surface area contributed by atoms with Crippen LogP contribution in [0.4, 0.5) is 5.69 Å². The van der Waals surface area contributed by atoms with E-state index in [1.807, 2.05) is 24.8 Å². The molecule has 1 aromatic rings. The van der Waals surface area contributed by atoms with Crippen LogP contribution in [0, 0.1) is 18.8 Å². The van der Waals surface area contributed by atoms with Gasteiger partial charge in [-0.05, 0) is 43.1 Å². The summed E-state index contributed by atoms with van der Waals surface area (Å²) in [6.07, 6.45) is 0. The van der Waals surface area contributed by atoms with Crippen LogP contribution in [0.15, 0.2) is 18.2 Å². The second-order valence-corrected chi connectivity index (χ2v) is 7.90. The van der Waals surface area contributed by atoms with Gasteiger partial charge in [-0.1, -0.05) is 19.1 Å². The Hall–Kier alpha value is -1.04. The van der Waals surface area contributed by atoms with E-state index in [2.05, 4.69) is 34.6 Å². The minimum absolute atomic E-state index is 0.0680. The highest BCUT2D eigenvalue weighted by Crippen LogP contribution is 2.24. The number of thioether (sulfide) groups is 1.